The summed E-state index contributed by atoms with van der Waals surface area (Å²) in [5, 5.41) is 4.04. The molecule has 22 heavy (non-hydrogen) atoms. The zero-order valence-corrected chi connectivity index (χ0v) is 13.6. The number of carbonyl (C=O) groups excluding carboxylic acids is 1. The Morgan fingerprint density at radius 2 is 2.09 bits per heavy atom. The van der Waals surface area contributed by atoms with Crippen molar-refractivity contribution in [2.75, 3.05) is 13.7 Å². The molecular weight excluding hydrogens is 282 g/mol. The molecule has 0 saturated carbocycles. The van der Waals surface area contributed by atoms with Gasteiger partial charge in [0.05, 0.1) is 30.3 Å². The lowest BCUT2D eigenvalue weighted by molar-refractivity contribution is -0.133. The van der Waals surface area contributed by atoms with Crippen LogP contribution in [0.3, 0.4) is 0 Å². The van der Waals surface area contributed by atoms with Crippen molar-refractivity contribution in [2.24, 2.45) is 10.1 Å². The Morgan fingerprint density at radius 1 is 1.36 bits per heavy atom. The molecule has 0 bridgehead atoms. The summed E-state index contributed by atoms with van der Waals surface area (Å²) in [6, 6.07) is 1.68. The van der Waals surface area contributed by atoms with Crippen LogP contribution in [0, 0.1) is 0 Å². The second kappa shape index (κ2) is 8.71. The minimum atomic E-state index is -0.442. The van der Waals surface area contributed by atoms with E-state index in [0.717, 1.165) is 5.71 Å². The van der Waals surface area contributed by atoms with Gasteiger partial charge in [-0.1, -0.05) is 11.2 Å². The average Bonchev–Trinajstić information content (AvgIpc) is 2.54. The molecule has 0 saturated heterocycles. The van der Waals surface area contributed by atoms with Crippen molar-refractivity contribution in [1.29, 1.82) is 0 Å². The van der Waals surface area contributed by atoms with E-state index in [1.54, 1.807) is 32.2 Å². The van der Waals surface area contributed by atoms with Gasteiger partial charge in [-0.05, 0) is 33.8 Å². The van der Waals surface area contributed by atoms with E-state index >= 15 is 0 Å². The number of pyridine rings is 1. The van der Waals surface area contributed by atoms with Crippen LogP contribution in [0.2, 0.25) is 0 Å². The number of nitrogens with zero attached hydrogens (tertiary/aromatic N) is 3. The Hall–Kier alpha value is -2.50. The summed E-state index contributed by atoms with van der Waals surface area (Å²) in [4.78, 5) is 25.5. The van der Waals surface area contributed by atoms with Gasteiger partial charge in [0.15, 0.2) is 5.75 Å². The quantitative estimate of drug-likeness (QED) is 0.350. The fraction of sp³-hybridized carbons (Fsp3) is 0.375. The van der Waals surface area contributed by atoms with Crippen molar-refractivity contribution in [3.05, 3.63) is 30.1 Å². The van der Waals surface area contributed by atoms with Crippen LogP contribution in [0.5, 0.6) is 5.75 Å². The van der Waals surface area contributed by atoms with E-state index in [1.165, 1.54) is 13.3 Å². The van der Waals surface area contributed by atoms with Crippen LogP contribution in [0.15, 0.2) is 34.7 Å². The molecule has 0 amide bonds. The average molecular weight is 303 g/mol. The van der Waals surface area contributed by atoms with Crippen LogP contribution in [0.1, 0.15) is 33.3 Å². The van der Waals surface area contributed by atoms with E-state index in [2.05, 4.69) is 15.1 Å². The maximum atomic E-state index is 11.8. The molecule has 0 aliphatic rings. The molecule has 1 rings (SSSR count). The highest BCUT2D eigenvalue weighted by Gasteiger charge is 2.16. The Bertz CT molecular complexity index is 619. The maximum absolute atomic E-state index is 11.8. The number of methoxy groups -OCH3 is 1. The molecular formula is C16H21N3O3. The van der Waals surface area contributed by atoms with Crippen molar-refractivity contribution >= 4 is 23.0 Å². The van der Waals surface area contributed by atoms with Gasteiger partial charge in [-0.2, -0.15) is 0 Å². The molecule has 1 heterocycles. The highest BCUT2D eigenvalue weighted by molar-refractivity contribution is 6.40. The third-order valence-corrected chi connectivity index (χ3v) is 2.97. The van der Waals surface area contributed by atoms with Crippen LogP contribution in [-0.2, 0) is 9.53 Å². The summed E-state index contributed by atoms with van der Waals surface area (Å²) in [5.74, 6) is -0.0624. The van der Waals surface area contributed by atoms with E-state index in [4.69, 9.17) is 9.57 Å². The van der Waals surface area contributed by atoms with Gasteiger partial charge in [0.2, 0.25) is 0 Å². The fourth-order valence-electron chi connectivity index (χ4n) is 1.70. The second-order valence-electron chi connectivity index (χ2n) is 4.39. The van der Waals surface area contributed by atoms with Crippen LogP contribution >= 0.6 is 0 Å². The summed E-state index contributed by atoms with van der Waals surface area (Å²) in [6.45, 7) is 8.06. The van der Waals surface area contributed by atoms with Gasteiger partial charge in [-0.15, -0.1) is 0 Å². The van der Waals surface area contributed by atoms with E-state index in [1.807, 2.05) is 13.8 Å². The first-order valence-corrected chi connectivity index (χ1v) is 6.97. The third kappa shape index (κ3) is 4.51. The lowest BCUT2D eigenvalue weighted by Gasteiger charge is -2.09. The largest absolute Gasteiger partial charge is 0.465 e. The molecule has 1 aromatic heterocycles. The number of aromatic nitrogens is 1. The third-order valence-electron chi connectivity index (χ3n) is 2.97. The number of hydrogen-bond acceptors (Lipinski definition) is 6. The molecule has 6 heteroatoms. The molecule has 0 fully saturated rings. The first kappa shape index (κ1) is 17.6. The van der Waals surface area contributed by atoms with Crippen molar-refractivity contribution in [2.45, 2.75) is 27.7 Å². The number of aliphatic imine (C=N–C) groups is 1. The summed E-state index contributed by atoms with van der Waals surface area (Å²) in [6.07, 6.45) is 4.74. The van der Waals surface area contributed by atoms with Gasteiger partial charge >= 0.3 is 5.97 Å². The highest BCUT2D eigenvalue weighted by Crippen LogP contribution is 2.26. The summed E-state index contributed by atoms with van der Waals surface area (Å²) in [5.41, 5.74) is 2.43. The van der Waals surface area contributed by atoms with Gasteiger partial charge < -0.3 is 9.57 Å². The highest BCUT2D eigenvalue weighted by atomic mass is 16.6. The Morgan fingerprint density at radius 3 is 2.68 bits per heavy atom. The van der Waals surface area contributed by atoms with Crippen molar-refractivity contribution in [3.63, 3.8) is 0 Å². The monoisotopic (exact) mass is 303 g/mol. The maximum Gasteiger partial charge on any atom is 0.338 e. The van der Waals surface area contributed by atoms with Gasteiger partial charge in [-0.3, -0.25) is 9.98 Å². The lowest BCUT2D eigenvalue weighted by atomic mass is 10.1. The molecule has 0 unspecified atom stereocenters. The molecule has 0 aromatic carbocycles. The number of allylic oxidation sites excluding steroid dienone is 1. The van der Waals surface area contributed by atoms with Crippen molar-refractivity contribution in [1.82, 2.24) is 4.98 Å². The minimum Gasteiger partial charge on any atom is -0.465 e. The molecule has 0 aliphatic carbocycles. The number of rotatable bonds is 6. The summed E-state index contributed by atoms with van der Waals surface area (Å²) < 4.78 is 4.77. The van der Waals surface area contributed by atoms with E-state index in [9.17, 15) is 4.79 Å². The zero-order valence-electron chi connectivity index (χ0n) is 13.6. The zero-order chi connectivity index (χ0) is 16.5. The van der Waals surface area contributed by atoms with Gasteiger partial charge in [0.25, 0.3) is 0 Å². The minimum absolute atomic E-state index is 0.379. The molecule has 0 aliphatic heterocycles. The van der Waals surface area contributed by atoms with Crippen LogP contribution in [0.4, 0.5) is 0 Å². The van der Waals surface area contributed by atoms with Crippen molar-refractivity contribution in [3.8, 4) is 5.75 Å². The van der Waals surface area contributed by atoms with Crippen LogP contribution in [0.25, 0.3) is 5.57 Å². The molecule has 0 N–H and O–H groups in total. The number of esters is 1. The van der Waals surface area contributed by atoms with E-state index in [-0.39, 0.29) is 0 Å². The summed E-state index contributed by atoms with van der Waals surface area (Å²) in [7, 11) is 1.33. The fourth-order valence-corrected chi connectivity index (χ4v) is 1.70. The molecule has 118 valence electrons. The predicted octanol–water partition coefficient (Wildman–Crippen LogP) is 2.89. The number of hydrogen-bond donors (Lipinski definition) is 0. The molecule has 0 atom stereocenters. The van der Waals surface area contributed by atoms with Crippen molar-refractivity contribution < 1.29 is 14.4 Å². The van der Waals surface area contributed by atoms with Gasteiger partial charge in [0.1, 0.15) is 0 Å². The first-order valence-electron chi connectivity index (χ1n) is 6.97. The lowest BCUT2D eigenvalue weighted by Crippen LogP contribution is -2.09. The second-order valence-corrected chi connectivity index (χ2v) is 4.39. The topological polar surface area (TPSA) is 73.1 Å². The van der Waals surface area contributed by atoms with Crippen LogP contribution < -0.4 is 4.84 Å². The van der Waals surface area contributed by atoms with E-state index in [0.29, 0.717) is 29.1 Å². The first-order chi connectivity index (χ1) is 10.5. The Labute approximate surface area is 130 Å². The van der Waals surface area contributed by atoms with Gasteiger partial charge in [0, 0.05) is 18.3 Å². The molecule has 0 spiro atoms. The standard InChI is InChI=1S/C16H21N3O3/c1-6-13(16(20)21-5)14-8-9-17-10-15(14)22-19-12(4)11(3)18-7-2/h6,8-10H,7H2,1-5H3/b13-6+,18-11?,19-12+. The molecule has 1 aromatic rings. The number of carbonyl (C=O) groups is 1. The summed E-state index contributed by atoms with van der Waals surface area (Å²) >= 11 is 0. The SMILES string of the molecule is C/C=C(/C(=O)OC)c1ccncc1O/N=C(\C)C(C)=NCC. The molecule has 0 radical (unpaired) electrons. The van der Waals surface area contributed by atoms with E-state index < -0.39 is 5.97 Å². The number of oxime groups is 1. The number of ether oxygens (including phenoxy) is 1. The van der Waals surface area contributed by atoms with Crippen LogP contribution in [-0.4, -0.2) is 36.0 Å². The predicted molar refractivity (Wildman–Crippen MR) is 87.3 cm³/mol. The Kier molecular flexibility index (Phi) is 6.95. The smallest absolute Gasteiger partial charge is 0.338 e. The normalized spacial score (nSPS) is 13.0. The Balaban J connectivity index is 3.10. The molecule has 6 nitrogen and oxygen atoms in total. The van der Waals surface area contributed by atoms with Gasteiger partial charge in [-0.25, -0.2) is 4.79 Å².